The normalized spacial score (nSPS) is 23.1. The first kappa shape index (κ1) is 37.3. The molecule has 4 aromatic rings. The van der Waals surface area contributed by atoms with Gasteiger partial charge in [0.2, 0.25) is 17.7 Å². The second-order valence-corrected chi connectivity index (χ2v) is 15.6. The predicted molar refractivity (Wildman–Crippen MR) is 207 cm³/mol. The number of hydrogen-bond acceptors (Lipinski definition) is 10. The maximum Gasteiger partial charge on any atom is 0.329 e. The summed E-state index contributed by atoms with van der Waals surface area (Å²) in [5, 5.41) is 7.26. The number of piperidine rings is 1. The van der Waals surface area contributed by atoms with Gasteiger partial charge in [-0.3, -0.25) is 33.7 Å². The van der Waals surface area contributed by atoms with Crippen molar-refractivity contribution in [1.82, 2.24) is 39.2 Å². The van der Waals surface area contributed by atoms with Gasteiger partial charge in [-0.1, -0.05) is 6.07 Å². The van der Waals surface area contributed by atoms with Crippen LogP contribution >= 0.6 is 0 Å². The zero-order chi connectivity index (χ0) is 37.9. The molecule has 0 radical (unpaired) electrons. The third-order valence-electron chi connectivity index (χ3n) is 12.3. The van der Waals surface area contributed by atoms with E-state index in [1.165, 1.54) is 10.1 Å². The summed E-state index contributed by atoms with van der Waals surface area (Å²) in [7, 11) is 1.70. The molecule has 55 heavy (non-hydrogen) atoms. The minimum atomic E-state index is -0.696. The van der Waals surface area contributed by atoms with Gasteiger partial charge in [0.1, 0.15) is 23.8 Å². The molecule has 3 aromatic heterocycles. The molecule has 3 saturated heterocycles. The van der Waals surface area contributed by atoms with Gasteiger partial charge in [0, 0.05) is 77.7 Å². The molecule has 294 valence electrons. The molecule has 15 nitrogen and oxygen atoms in total. The van der Waals surface area contributed by atoms with Gasteiger partial charge in [0.15, 0.2) is 0 Å². The molecule has 8 rings (SSSR count). The number of benzene rings is 1. The molecule has 4 fully saturated rings. The molecule has 1 saturated carbocycles. The van der Waals surface area contributed by atoms with Crippen LogP contribution in [0.1, 0.15) is 87.3 Å². The standard InChI is InChI=1S/C40H53N9O6/c1-46-33-23-26(4-9-31(33)49(40(46)53)32-10-11-34(50)45-39(32)52)3-2-19-54-22-14-35(51)48-17-15-47(16-18-48)29-7-5-28(6-8-29)44-38-36-30(27-12-20-55-21-13-27)24-41-37(36)42-25-43-38/h4,9,23-25,27-29,32H,2-3,5-8,10-22H2,1H3,(H,45,50,52)(H2,41,42,43,44)/t28-,29-,32?. The number of nitrogens with one attached hydrogen (secondary N) is 3. The summed E-state index contributed by atoms with van der Waals surface area (Å²) in [6.07, 6.45) is 12.7. The van der Waals surface area contributed by atoms with E-state index in [1.54, 1.807) is 17.9 Å². The number of hydrogen-bond donors (Lipinski definition) is 3. The fourth-order valence-electron chi connectivity index (χ4n) is 9.13. The lowest BCUT2D eigenvalue weighted by molar-refractivity contribution is -0.136. The number of ether oxygens (including phenoxy) is 2. The van der Waals surface area contributed by atoms with Crippen molar-refractivity contribution in [1.29, 1.82) is 0 Å². The minimum Gasteiger partial charge on any atom is -0.381 e. The van der Waals surface area contributed by atoms with Crippen molar-refractivity contribution < 1.29 is 23.9 Å². The van der Waals surface area contributed by atoms with E-state index in [0.29, 0.717) is 49.6 Å². The largest absolute Gasteiger partial charge is 0.381 e. The number of imidazole rings is 1. The number of nitrogens with zero attached hydrogens (tertiary/aromatic N) is 6. The van der Waals surface area contributed by atoms with E-state index in [4.69, 9.17) is 9.47 Å². The Balaban J connectivity index is 0.735. The molecule has 3 aliphatic heterocycles. The molecule has 0 bridgehead atoms. The van der Waals surface area contributed by atoms with Crippen LogP contribution in [0.4, 0.5) is 5.82 Å². The van der Waals surface area contributed by atoms with Gasteiger partial charge in [0.05, 0.1) is 29.4 Å². The predicted octanol–water partition coefficient (Wildman–Crippen LogP) is 3.39. The Kier molecular flexibility index (Phi) is 11.3. The zero-order valence-electron chi connectivity index (χ0n) is 31.8. The Morgan fingerprint density at radius 2 is 1.76 bits per heavy atom. The van der Waals surface area contributed by atoms with E-state index >= 15 is 0 Å². The first-order valence-corrected chi connectivity index (χ1v) is 20.1. The van der Waals surface area contributed by atoms with Crippen LogP contribution < -0.4 is 16.3 Å². The van der Waals surface area contributed by atoms with Crippen LogP contribution in [0.3, 0.4) is 0 Å². The van der Waals surface area contributed by atoms with Crippen molar-refractivity contribution in [2.75, 3.05) is 57.9 Å². The summed E-state index contributed by atoms with van der Waals surface area (Å²) >= 11 is 0. The van der Waals surface area contributed by atoms with Crippen molar-refractivity contribution >= 4 is 45.6 Å². The number of aromatic nitrogens is 5. The highest BCUT2D eigenvalue weighted by Gasteiger charge is 2.32. The number of H-pyrrole nitrogens is 1. The number of piperazine rings is 1. The van der Waals surface area contributed by atoms with Crippen LogP contribution in [-0.4, -0.2) is 116 Å². The summed E-state index contributed by atoms with van der Waals surface area (Å²) in [4.78, 5) is 67.3. The molecule has 6 heterocycles. The molecule has 3 amide bonds. The number of anilines is 1. The monoisotopic (exact) mass is 755 g/mol. The van der Waals surface area contributed by atoms with E-state index in [1.807, 2.05) is 23.1 Å². The van der Waals surface area contributed by atoms with Crippen molar-refractivity contribution in [2.45, 2.75) is 94.7 Å². The van der Waals surface area contributed by atoms with Gasteiger partial charge in [-0.15, -0.1) is 0 Å². The molecule has 3 N–H and O–H groups in total. The quantitative estimate of drug-likeness (QED) is 0.144. The highest BCUT2D eigenvalue weighted by atomic mass is 16.5. The van der Waals surface area contributed by atoms with Crippen LogP contribution in [0.5, 0.6) is 0 Å². The fourth-order valence-corrected chi connectivity index (χ4v) is 9.13. The lowest BCUT2D eigenvalue weighted by atomic mass is 9.89. The molecular weight excluding hydrogens is 702 g/mol. The third kappa shape index (κ3) is 8.05. The Morgan fingerprint density at radius 3 is 2.55 bits per heavy atom. The van der Waals surface area contributed by atoms with E-state index in [-0.39, 0.29) is 23.9 Å². The fraction of sp³-hybridized carbons (Fsp3) is 0.600. The van der Waals surface area contributed by atoms with Crippen molar-refractivity contribution in [3.63, 3.8) is 0 Å². The lowest BCUT2D eigenvalue weighted by Crippen LogP contribution is -2.53. The zero-order valence-corrected chi connectivity index (χ0v) is 31.8. The van der Waals surface area contributed by atoms with Crippen LogP contribution in [0, 0.1) is 0 Å². The molecule has 15 heteroatoms. The smallest absolute Gasteiger partial charge is 0.329 e. The number of fused-ring (bicyclic) bond motifs is 2. The van der Waals surface area contributed by atoms with Crippen LogP contribution in [0.2, 0.25) is 0 Å². The maximum atomic E-state index is 13.0. The number of rotatable bonds is 12. The van der Waals surface area contributed by atoms with Gasteiger partial charge >= 0.3 is 5.69 Å². The van der Waals surface area contributed by atoms with Gasteiger partial charge in [-0.05, 0) is 87.0 Å². The number of carbonyl (C=O) groups excluding carboxylic acids is 3. The number of amides is 3. The first-order valence-electron chi connectivity index (χ1n) is 20.1. The molecule has 0 spiro atoms. The Labute approximate surface area is 320 Å². The second kappa shape index (κ2) is 16.6. The third-order valence-corrected chi connectivity index (χ3v) is 12.3. The van der Waals surface area contributed by atoms with E-state index in [2.05, 4.69) is 36.7 Å². The molecule has 1 unspecified atom stereocenters. The molecular formula is C40H53N9O6. The molecule has 1 aliphatic carbocycles. The summed E-state index contributed by atoms with van der Waals surface area (Å²) in [6.45, 7) is 5.88. The summed E-state index contributed by atoms with van der Waals surface area (Å²) in [5.74, 6) is 0.825. The second-order valence-electron chi connectivity index (χ2n) is 15.6. The van der Waals surface area contributed by atoms with Crippen molar-refractivity contribution in [3.8, 4) is 0 Å². The molecule has 1 aromatic carbocycles. The molecule has 4 aliphatic rings. The van der Waals surface area contributed by atoms with Crippen LogP contribution in [0.25, 0.3) is 22.1 Å². The minimum absolute atomic E-state index is 0.153. The summed E-state index contributed by atoms with van der Waals surface area (Å²) in [5.41, 5.74) is 4.42. The average Bonchev–Trinajstić information content (AvgIpc) is 3.75. The van der Waals surface area contributed by atoms with Crippen molar-refractivity contribution in [3.05, 3.63) is 52.3 Å². The number of imide groups is 1. The maximum absolute atomic E-state index is 13.0. The number of aromatic amines is 1. The van der Waals surface area contributed by atoms with Crippen molar-refractivity contribution in [2.24, 2.45) is 7.05 Å². The van der Waals surface area contributed by atoms with Gasteiger partial charge in [0.25, 0.3) is 0 Å². The first-order chi connectivity index (χ1) is 26.8. The summed E-state index contributed by atoms with van der Waals surface area (Å²) in [6, 6.07) is 6.06. The topological polar surface area (TPSA) is 169 Å². The van der Waals surface area contributed by atoms with E-state index in [0.717, 1.165) is 119 Å². The van der Waals surface area contributed by atoms with E-state index < -0.39 is 11.9 Å². The number of aryl methyl sites for hydroxylation is 2. The Hall–Kier alpha value is -4.60. The lowest BCUT2D eigenvalue weighted by Gasteiger charge is -2.42. The van der Waals surface area contributed by atoms with E-state index in [9.17, 15) is 19.2 Å². The summed E-state index contributed by atoms with van der Waals surface area (Å²) < 4.78 is 14.5. The number of carbonyl (C=O) groups is 3. The molecule has 1 atom stereocenters. The highest BCUT2D eigenvalue weighted by molar-refractivity contribution is 6.00. The van der Waals surface area contributed by atoms with Gasteiger partial charge < -0.3 is 24.7 Å². The average molecular weight is 756 g/mol. The highest BCUT2D eigenvalue weighted by Crippen LogP contribution is 2.36. The Morgan fingerprint density at radius 1 is 0.964 bits per heavy atom. The van der Waals surface area contributed by atoms with Gasteiger partial charge in [-0.2, -0.15) is 0 Å². The Bertz CT molecular complexity index is 2070. The van der Waals surface area contributed by atoms with Crippen LogP contribution in [-0.2, 0) is 37.3 Å². The van der Waals surface area contributed by atoms with Gasteiger partial charge in [-0.25, -0.2) is 14.8 Å². The SMILES string of the molecule is Cn1c(=O)n(C2CCC(=O)NC2=O)c2ccc(CCCOCCC(=O)N3CCN([C@H]4CC[C@H](Nc5ncnc6[nH]cc(C7CCOCC7)c56)CC4)CC3)cc21. The van der Waals surface area contributed by atoms with Crippen LogP contribution in [0.15, 0.2) is 35.5 Å².